The van der Waals surface area contributed by atoms with Gasteiger partial charge in [0.25, 0.3) is 0 Å². The average molecular weight is 137 g/mol. The highest BCUT2D eigenvalue weighted by molar-refractivity contribution is 5.42. The van der Waals surface area contributed by atoms with Crippen molar-refractivity contribution in [3.8, 4) is 11.5 Å². The fourth-order valence-corrected chi connectivity index (χ4v) is 0.722. The zero-order valence-corrected chi connectivity index (χ0v) is 5.79. The third-order valence-corrected chi connectivity index (χ3v) is 1.24. The monoisotopic (exact) mass is 137 g/mol. The van der Waals surface area contributed by atoms with Gasteiger partial charge in [0.05, 0.1) is 7.11 Å². The molecule has 2 heteroatoms. The van der Waals surface area contributed by atoms with Crippen LogP contribution in [0.4, 0.5) is 0 Å². The Balaban J connectivity index is 3.09. The number of benzene rings is 1. The normalized spacial score (nSPS) is 9.40. The van der Waals surface area contributed by atoms with Crippen LogP contribution in [0.5, 0.6) is 11.5 Å². The van der Waals surface area contributed by atoms with Gasteiger partial charge in [0, 0.05) is 0 Å². The van der Waals surface area contributed by atoms with E-state index >= 15 is 0 Å². The third kappa shape index (κ3) is 1.21. The Bertz CT molecular complexity index is 231. The van der Waals surface area contributed by atoms with Crippen molar-refractivity contribution < 1.29 is 9.84 Å². The summed E-state index contributed by atoms with van der Waals surface area (Å²) >= 11 is 0. The van der Waals surface area contributed by atoms with Gasteiger partial charge in [-0.05, 0) is 24.6 Å². The van der Waals surface area contributed by atoms with E-state index in [0.29, 0.717) is 5.75 Å². The lowest BCUT2D eigenvalue weighted by Crippen LogP contribution is -1.83. The topological polar surface area (TPSA) is 29.5 Å². The van der Waals surface area contributed by atoms with Gasteiger partial charge in [-0.1, -0.05) is 6.07 Å². The molecular weight excluding hydrogens is 128 g/mol. The van der Waals surface area contributed by atoms with Gasteiger partial charge in [0.15, 0.2) is 11.5 Å². The molecule has 0 fully saturated rings. The van der Waals surface area contributed by atoms with Crippen molar-refractivity contribution in [1.82, 2.24) is 0 Å². The standard InChI is InChI=1S/C8H9O2/c1-6-3-4-7(9)8(5-6)10-2/h3-5,9H,1H2,2H3. The Morgan fingerprint density at radius 1 is 1.50 bits per heavy atom. The number of aromatic hydroxyl groups is 1. The van der Waals surface area contributed by atoms with E-state index < -0.39 is 0 Å². The smallest absolute Gasteiger partial charge is 0.160 e. The Kier molecular flexibility index (Phi) is 1.81. The molecule has 1 aromatic carbocycles. The minimum atomic E-state index is 0.148. The number of phenolic OH excluding ortho intramolecular Hbond substituents is 1. The molecule has 0 unspecified atom stereocenters. The quantitative estimate of drug-likeness (QED) is 0.636. The summed E-state index contributed by atoms with van der Waals surface area (Å²) in [5.74, 6) is 0.613. The molecule has 0 aliphatic carbocycles. The molecule has 0 saturated heterocycles. The fourth-order valence-electron chi connectivity index (χ4n) is 0.722. The second-order valence-electron chi connectivity index (χ2n) is 2.01. The lowest BCUT2D eigenvalue weighted by Gasteiger charge is -2.02. The summed E-state index contributed by atoms with van der Waals surface area (Å²) in [6.45, 7) is 3.68. The maximum atomic E-state index is 9.08. The minimum Gasteiger partial charge on any atom is -0.504 e. The van der Waals surface area contributed by atoms with Crippen LogP contribution in [0.25, 0.3) is 0 Å². The summed E-state index contributed by atoms with van der Waals surface area (Å²) < 4.78 is 4.84. The molecule has 2 nitrogen and oxygen atoms in total. The Morgan fingerprint density at radius 2 is 2.20 bits per heavy atom. The van der Waals surface area contributed by atoms with Crippen molar-refractivity contribution in [2.24, 2.45) is 0 Å². The van der Waals surface area contributed by atoms with Crippen molar-refractivity contribution in [2.75, 3.05) is 7.11 Å². The number of methoxy groups -OCH3 is 1. The van der Waals surface area contributed by atoms with Gasteiger partial charge in [-0.2, -0.15) is 0 Å². The molecule has 0 amide bonds. The molecule has 1 rings (SSSR count). The van der Waals surface area contributed by atoms with E-state index in [4.69, 9.17) is 9.84 Å². The molecule has 0 aromatic heterocycles. The molecular formula is C8H9O2. The average Bonchev–Trinajstić information content (AvgIpc) is 1.94. The molecule has 0 spiro atoms. The van der Waals surface area contributed by atoms with Crippen LogP contribution >= 0.6 is 0 Å². The molecule has 0 aliphatic rings. The van der Waals surface area contributed by atoms with Crippen molar-refractivity contribution in [3.63, 3.8) is 0 Å². The zero-order chi connectivity index (χ0) is 7.56. The molecule has 0 aliphatic heterocycles. The summed E-state index contributed by atoms with van der Waals surface area (Å²) in [4.78, 5) is 0. The maximum absolute atomic E-state index is 9.08. The lowest BCUT2D eigenvalue weighted by atomic mass is 10.2. The van der Waals surface area contributed by atoms with Gasteiger partial charge in [0.1, 0.15) is 0 Å². The van der Waals surface area contributed by atoms with Gasteiger partial charge in [0.2, 0.25) is 0 Å². The first-order valence-electron chi connectivity index (χ1n) is 2.93. The van der Waals surface area contributed by atoms with Crippen LogP contribution in [0.2, 0.25) is 0 Å². The number of hydrogen-bond acceptors (Lipinski definition) is 2. The minimum absolute atomic E-state index is 0.148. The SMILES string of the molecule is [CH2]c1ccc(O)c(OC)c1. The van der Waals surface area contributed by atoms with Crippen LogP contribution in [0.15, 0.2) is 18.2 Å². The van der Waals surface area contributed by atoms with Crippen molar-refractivity contribution in [2.45, 2.75) is 0 Å². The molecule has 0 saturated carbocycles. The molecule has 53 valence electrons. The Labute approximate surface area is 60.1 Å². The second kappa shape index (κ2) is 2.60. The Morgan fingerprint density at radius 3 is 2.70 bits per heavy atom. The van der Waals surface area contributed by atoms with Crippen LogP contribution in [0.1, 0.15) is 5.56 Å². The van der Waals surface area contributed by atoms with E-state index in [1.165, 1.54) is 7.11 Å². The van der Waals surface area contributed by atoms with E-state index in [9.17, 15) is 0 Å². The van der Waals surface area contributed by atoms with Gasteiger partial charge in [-0.15, -0.1) is 0 Å². The van der Waals surface area contributed by atoms with Crippen LogP contribution < -0.4 is 4.74 Å². The third-order valence-electron chi connectivity index (χ3n) is 1.24. The van der Waals surface area contributed by atoms with E-state index in [1.807, 2.05) is 0 Å². The number of hydrogen-bond donors (Lipinski definition) is 1. The molecule has 0 bridgehead atoms. The van der Waals surface area contributed by atoms with Crippen LogP contribution in [-0.4, -0.2) is 12.2 Å². The highest BCUT2D eigenvalue weighted by atomic mass is 16.5. The largest absolute Gasteiger partial charge is 0.504 e. The highest BCUT2D eigenvalue weighted by Gasteiger charge is 1.97. The van der Waals surface area contributed by atoms with E-state index in [0.717, 1.165) is 5.56 Å². The number of rotatable bonds is 1. The highest BCUT2D eigenvalue weighted by Crippen LogP contribution is 2.25. The number of ether oxygens (including phenoxy) is 1. The molecule has 1 radical (unpaired) electrons. The lowest BCUT2D eigenvalue weighted by molar-refractivity contribution is 0.373. The fraction of sp³-hybridized carbons (Fsp3) is 0.125. The van der Waals surface area contributed by atoms with Crippen LogP contribution in [-0.2, 0) is 0 Å². The molecule has 0 atom stereocenters. The Hall–Kier alpha value is -1.18. The van der Waals surface area contributed by atoms with E-state index in [1.54, 1.807) is 18.2 Å². The molecule has 1 N–H and O–H groups in total. The maximum Gasteiger partial charge on any atom is 0.160 e. The summed E-state index contributed by atoms with van der Waals surface area (Å²) in [6.07, 6.45) is 0. The van der Waals surface area contributed by atoms with Gasteiger partial charge in [-0.25, -0.2) is 0 Å². The summed E-state index contributed by atoms with van der Waals surface area (Å²) in [5, 5.41) is 9.08. The van der Waals surface area contributed by atoms with Crippen LogP contribution in [0, 0.1) is 6.92 Å². The van der Waals surface area contributed by atoms with Crippen molar-refractivity contribution in [3.05, 3.63) is 30.7 Å². The first-order valence-corrected chi connectivity index (χ1v) is 2.93. The first-order chi connectivity index (χ1) is 4.74. The van der Waals surface area contributed by atoms with E-state index in [-0.39, 0.29) is 5.75 Å². The predicted molar refractivity (Wildman–Crippen MR) is 39.1 cm³/mol. The summed E-state index contributed by atoms with van der Waals surface area (Å²) in [7, 11) is 1.51. The van der Waals surface area contributed by atoms with Crippen molar-refractivity contribution in [1.29, 1.82) is 0 Å². The number of phenols is 1. The molecule has 0 heterocycles. The summed E-state index contributed by atoms with van der Waals surface area (Å²) in [6, 6.07) is 4.95. The zero-order valence-electron chi connectivity index (χ0n) is 5.79. The second-order valence-corrected chi connectivity index (χ2v) is 2.01. The molecule has 1 aromatic rings. The van der Waals surface area contributed by atoms with Gasteiger partial charge in [-0.3, -0.25) is 0 Å². The first kappa shape index (κ1) is 6.93. The summed E-state index contributed by atoms with van der Waals surface area (Å²) in [5.41, 5.74) is 0.828. The van der Waals surface area contributed by atoms with Gasteiger partial charge >= 0.3 is 0 Å². The van der Waals surface area contributed by atoms with E-state index in [2.05, 4.69) is 6.92 Å². The van der Waals surface area contributed by atoms with Gasteiger partial charge < -0.3 is 9.84 Å². The van der Waals surface area contributed by atoms with Crippen LogP contribution in [0.3, 0.4) is 0 Å². The molecule has 10 heavy (non-hydrogen) atoms. The van der Waals surface area contributed by atoms with Crippen molar-refractivity contribution >= 4 is 0 Å². The predicted octanol–water partition coefficient (Wildman–Crippen LogP) is 1.58.